The van der Waals surface area contributed by atoms with E-state index in [1.54, 1.807) is 48.5 Å². The molecular weight excluding hydrogens is 374 g/mol. The number of nitrogens with zero attached hydrogens (tertiary/aromatic N) is 1. The third kappa shape index (κ3) is 3.82. The van der Waals surface area contributed by atoms with Gasteiger partial charge in [0.15, 0.2) is 0 Å². The van der Waals surface area contributed by atoms with Crippen molar-refractivity contribution in [3.05, 3.63) is 65.2 Å². The highest BCUT2D eigenvalue weighted by atomic mass is 16.5. The van der Waals surface area contributed by atoms with Crippen LogP contribution in [0.4, 0.5) is 0 Å². The van der Waals surface area contributed by atoms with Gasteiger partial charge in [-0.3, -0.25) is 9.59 Å². The minimum atomic E-state index is -0.838. The number of Topliss-reactive ketones (excluding diaryl/α,β-unsaturated/α-hetero) is 1. The first-order chi connectivity index (χ1) is 14.0. The maximum absolute atomic E-state index is 12.9. The molecule has 1 saturated heterocycles. The molecule has 29 heavy (non-hydrogen) atoms. The van der Waals surface area contributed by atoms with Crippen molar-refractivity contribution in [1.82, 2.24) is 4.90 Å². The van der Waals surface area contributed by atoms with Gasteiger partial charge >= 0.3 is 0 Å². The van der Waals surface area contributed by atoms with Crippen molar-refractivity contribution in [3.8, 4) is 11.5 Å². The van der Waals surface area contributed by atoms with Crippen LogP contribution in [0.2, 0.25) is 0 Å². The number of hydrogen-bond donors (Lipinski definition) is 1. The van der Waals surface area contributed by atoms with E-state index in [0.717, 1.165) is 0 Å². The normalized spacial score (nSPS) is 18.2. The summed E-state index contributed by atoms with van der Waals surface area (Å²) in [4.78, 5) is 27.1. The molecule has 7 nitrogen and oxygen atoms in total. The van der Waals surface area contributed by atoms with Crippen LogP contribution in [0.15, 0.2) is 54.1 Å². The first-order valence-corrected chi connectivity index (χ1v) is 9.08. The lowest BCUT2D eigenvalue weighted by molar-refractivity contribution is -0.140. The summed E-state index contributed by atoms with van der Waals surface area (Å²) >= 11 is 0. The topological polar surface area (TPSA) is 85.3 Å². The average molecular weight is 397 g/mol. The van der Waals surface area contributed by atoms with Gasteiger partial charge in [-0.2, -0.15) is 0 Å². The molecule has 1 aliphatic heterocycles. The summed E-state index contributed by atoms with van der Waals surface area (Å²) in [6, 6.07) is 12.9. The molecule has 2 aromatic carbocycles. The van der Waals surface area contributed by atoms with Crippen LogP contribution in [0.25, 0.3) is 5.76 Å². The quantitative estimate of drug-likeness (QED) is 0.439. The highest BCUT2D eigenvalue weighted by molar-refractivity contribution is 6.46. The fraction of sp³-hybridized carbons (Fsp3) is 0.273. The van der Waals surface area contributed by atoms with Crippen molar-refractivity contribution >= 4 is 17.4 Å². The largest absolute Gasteiger partial charge is 0.507 e. The SMILES string of the molecule is COCCN1C(=O)C(=O)/C(=C(/O)c2ccccc2)C1c1cc(OC)ccc1OC. The lowest BCUT2D eigenvalue weighted by Gasteiger charge is -2.26. The molecule has 3 rings (SSSR count). The zero-order chi connectivity index (χ0) is 21.0. The highest BCUT2D eigenvalue weighted by Crippen LogP contribution is 2.43. The predicted molar refractivity (Wildman–Crippen MR) is 107 cm³/mol. The summed E-state index contributed by atoms with van der Waals surface area (Å²) in [6.07, 6.45) is 0. The van der Waals surface area contributed by atoms with Crippen molar-refractivity contribution < 1.29 is 28.9 Å². The third-order valence-electron chi connectivity index (χ3n) is 4.85. The number of carbonyl (C=O) groups is 2. The molecule has 1 amide bonds. The second-order valence-corrected chi connectivity index (χ2v) is 6.46. The van der Waals surface area contributed by atoms with E-state index in [4.69, 9.17) is 14.2 Å². The number of ketones is 1. The number of aliphatic hydroxyl groups excluding tert-OH is 1. The van der Waals surface area contributed by atoms with Gasteiger partial charge in [0, 0.05) is 24.8 Å². The molecule has 1 unspecified atom stereocenters. The average Bonchev–Trinajstić information content (AvgIpc) is 3.01. The fourth-order valence-corrected chi connectivity index (χ4v) is 3.43. The van der Waals surface area contributed by atoms with Crippen LogP contribution in [0.1, 0.15) is 17.2 Å². The van der Waals surface area contributed by atoms with Gasteiger partial charge in [0.1, 0.15) is 17.3 Å². The fourth-order valence-electron chi connectivity index (χ4n) is 3.43. The lowest BCUT2D eigenvalue weighted by atomic mass is 9.94. The van der Waals surface area contributed by atoms with Crippen molar-refractivity contribution in [2.24, 2.45) is 0 Å². The van der Waals surface area contributed by atoms with E-state index in [2.05, 4.69) is 0 Å². The van der Waals surface area contributed by atoms with E-state index in [-0.39, 0.29) is 24.5 Å². The Morgan fingerprint density at radius 3 is 2.38 bits per heavy atom. The smallest absolute Gasteiger partial charge is 0.295 e. The Bertz CT molecular complexity index is 938. The van der Waals surface area contributed by atoms with E-state index in [0.29, 0.717) is 22.6 Å². The Labute approximate surface area is 169 Å². The van der Waals surface area contributed by atoms with E-state index in [1.807, 2.05) is 0 Å². The summed E-state index contributed by atoms with van der Waals surface area (Å²) in [6.45, 7) is 0.416. The third-order valence-corrected chi connectivity index (χ3v) is 4.85. The molecule has 1 aliphatic rings. The van der Waals surface area contributed by atoms with Gasteiger partial charge in [0.05, 0.1) is 32.4 Å². The first kappa shape index (κ1) is 20.4. The Hall–Kier alpha value is -3.32. The molecule has 0 aromatic heterocycles. The predicted octanol–water partition coefficient (Wildman–Crippen LogP) is 2.77. The molecule has 0 bridgehead atoms. The number of carbonyl (C=O) groups excluding carboxylic acids is 2. The Morgan fingerprint density at radius 1 is 1.03 bits per heavy atom. The summed E-state index contributed by atoms with van der Waals surface area (Å²) in [7, 11) is 4.54. The van der Waals surface area contributed by atoms with Crippen molar-refractivity contribution in [1.29, 1.82) is 0 Å². The van der Waals surface area contributed by atoms with Gasteiger partial charge in [0.25, 0.3) is 11.7 Å². The highest BCUT2D eigenvalue weighted by Gasteiger charge is 2.47. The van der Waals surface area contributed by atoms with Crippen LogP contribution < -0.4 is 9.47 Å². The second kappa shape index (κ2) is 8.79. The number of ether oxygens (including phenoxy) is 3. The van der Waals surface area contributed by atoms with Gasteiger partial charge in [-0.15, -0.1) is 0 Å². The molecular formula is C22H23NO6. The van der Waals surface area contributed by atoms with Crippen molar-refractivity contribution in [3.63, 3.8) is 0 Å². The Balaban J connectivity index is 2.24. The molecule has 2 aromatic rings. The number of hydrogen-bond acceptors (Lipinski definition) is 6. The van der Waals surface area contributed by atoms with E-state index in [9.17, 15) is 14.7 Å². The van der Waals surface area contributed by atoms with Gasteiger partial charge in [-0.1, -0.05) is 30.3 Å². The van der Waals surface area contributed by atoms with Crippen molar-refractivity contribution in [2.75, 3.05) is 34.5 Å². The van der Waals surface area contributed by atoms with Crippen LogP contribution in [-0.2, 0) is 14.3 Å². The molecule has 152 valence electrons. The van der Waals surface area contributed by atoms with Crippen LogP contribution in [-0.4, -0.2) is 56.2 Å². The molecule has 1 atom stereocenters. The molecule has 1 N–H and O–H groups in total. The number of aliphatic hydroxyl groups is 1. The number of likely N-dealkylation sites (tertiary alicyclic amines) is 1. The van der Waals surface area contributed by atoms with Gasteiger partial charge in [-0.25, -0.2) is 0 Å². The molecule has 1 heterocycles. The Morgan fingerprint density at radius 2 is 1.76 bits per heavy atom. The van der Waals surface area contributed by atoms with Crippen molar-refractivity contribution in [2.45, 2.75) is 6.04 Å². The summed E-state index contributed by atoms with van der Waals surface area (Å²) in [5.74, 6) is -0.678. The molecule has 0 aliphatic carbocycles. The van der Waals surface area contributed by atoms with Gasteiger partial charge < -0.3 is 24.2 Å². The van der Waals surface area contributed by atoms with Gasteiger partial charge in [-0.05, 0) is 18.2 Å². The van der Waals surface area contributed by atoms with E-state index < -0.39 is 17.7 Å². The molecule has 0 saturated carbocycles. The number of benzene rings is 2. The summed E-state index contributed by atoms with van der Waals surface area (Å²) in [5.41, 5.74) is 0.993. The molecule has 7 heteroatoms. The summed E-state index contributed by atoms with van der Waals surface area (Å²) < 4.78 is 15.9. The van der Waals surface area contributed by atoms with E-state index >= 15 is 0 Å². The minimum Gasteiger partial charge on any atom is -0.507 e. The summed E-state index contributed by atoms with van der Waals surface area (Å²) in [5, 5.41) is 11.0. The maximum atomic E-state index is 12.9. The molecule has 0 spiro atoms. The number of amides is 1. The molecule has 1 fully saturated rings. The van der Waals surface area contributed by atoms with Crippen LogP contribution in [0.3, 0.4) is 0 Å². The monoisotopic (exact) mass is 397 g/mol. The minimum absolute atomic E-state index is 0.00357. The number of methoxy groups -OCH3 is 3. The maximum Gasteiger partial charge on any atom is 0.295 e. The van der Waals surface area contributed by atoms with Gasteiger partial charge in [0.2, 0.25) is 0 Å². The second-order valence-electron chi connectivity index (χ2n) is 6.46. The zero-order valence-corrected chi connectivity index (χ0v) is 16.5. The van der Waals surface area contributed by atoms with Crippen LogP contribution in [0, 0.1) is 0 Å². The van der Waals surface area contributed by atoms with E-state index in [1.165, 1.54) is 26.2 Å². The molecule has 0 radical (unpaired) electrons. The van der Waals surface area contributed by atoms with Crippen LogP contribution in [0.5, 0.6) is 11.5 Å². The Kier molecular flexibility index (Phi) is 6.19. The standard InChI is InChI=1S/C22H23NO6/c1-27-12-11-23-19(16-13-15(28-2)9-10-17(16)29-3)18(21(25)22(23)26)20(24)14-7-5-4-6-8-14/h4-10,13,19,24H,11-12H2,1-3H3/b20-18+. The van der Waals surface area contributed by atoms with Crippen LogP contribution >= 0.6 is 0 Å². The lowest BCUT2D eigenvalue weighted by Crippen LogP contribution is -2.32. The first-order valence-electron chi connectivity index (χ1n) is 9.08. The zero-order valence-electron chi connectivity index (χ0n) is 16.5. The number of rotatable bonds is 7.